The molecule has 18 heavy (non-hydrogen) atoms. The van der Waals surface area contributed by atoms with Crippen LogP contribution in [0.25, 0.3) is 0 Å². The number of esters is 1. The van der Waals surface area contributed by atoms with E-state index < -0.39 is 36.5 Å². The van der Waals surface area contributed by atoms with Gasteiger partial charge in [-0.1, -0.05) is 20.4 Å². The third-order valence-corrected chi connectivity index (χ3v) is 2.22. The SMILES string of the molecule is C=C(C)C(=O)OC(CC(F)(F)C(F)(F)F)C(C)C. The highest BCUT2D eigenvalue weighted by molar-refractivity contribution is 5.87. The van der Waals surface area contributed by atoms with E-state index >= 15 is 0 Å². The molecule has 106 valence electrons. The van der Waals surface area contributed by atoms with Gasteiger partial charge in [0.25, 0.3) is 0 Å². The third kappa shape index (κ3) is 4.62. The Morgan fingerprint density at radius 3 is 1.94 bits per heavy atom. The van der Waals surface area contributed by atoms with Crippen molar-refractivity contribution < 1.29 is 31.5 Å². The van der Waals surface area contributed by atoms with Gasteiger partial charge in [-0.15, -0.1) is 0 Å². The second-order valence-electron chi connectivity index (χ2n) is 4.37. The second kappa shape index (κ2) is 5.67. The van der Waals surface area contributed by atoms with Crippen LogP contribution in [0.1, 0.15) is 27.2 Å². The Hall–Kier alpha value is -1.14. The third-order valence-electron chi connectivity index (χ3n) is 2.22. The van der Waals surface area contributed by atoms with Crippen molar-refractivity contribution in [2.75, 3.05) is 0 Å². The van der Waals surface area contributed by atoms with E-state index in [0.717, 1.165) is 0 Å². The van der Waals surface area contributed by atoms with E-state index in [1.54, 1.807) is 0 Å². The van der Waals surface area contributed by atoms with E-state index in [1.165, 1.54) is 20.8 Å². The largest absolute Gasteiger partial charge is 0.459 e. The lowest BCUT2D eigenvalue weighted by Crippen LogP contribution is -2.42. The molecule has 0 amide bonds. The molecule has 0 aliphatic rings. The average Bonchev–Trinajstić information content (AvgIpc) is 2.13. The first-order valence-corrected chi connectivity index (χ1v) is 5.19. The lowest BCUT2D eigenvalue weighted by Gasteiger charge is -2.27. The number of ether oxygens (including phenoxy) is 1. The van der Waals surface area contributed by atoms with Gasteiger partial charge in [-0.05, 0) is 12.8 Å². The summed E-state index contributed by atoms with van der Waals surface area (Å²) in [4.78, 5) is 11.1. The van der Waals surface area contributed by atoms with Crippen LogP contribution in [0.2, 0.25) is 0 Å². The van der Waals surface area contributed by atoms with Gasteiger partial charge in [0.15, 0.2) is 0 Å². The van der Waals surface area contributed by atoms with E-state index in [-0.39, 0.29) is 5.57 Å². The number of carbonyl (C=O) groups excluding carboxylic acids is 1. The number of alkyl halides is 5. The smallest absolute Gasteiger partial charge is 0.453 e. The summed E-state index contributed by atoms with van der Waals surface area (Å²) in [5.74, 6) is -6.54. The number of hydrogen-bond acceptors (Lipinski definition) is 2. The minimum atomic E-state index is -5.66. The fourth-order valence-corrected chi connectivity index (χ4v) is 1.02. The molecule has 7 heteroatoms. The molecule has 1 unspecified atom stereocenters. The molecule has 0 aromatic rings. The molecule has 0 aliphatic heterocycles. The predicted octanol–water partition coefficient (Wildman–Crippen LogP) is 3.72. The number of halogens is 5. The zero-order valence-electron chi connectivity index (χ0n) is 10.3. The summed E-state index contributed by atoms with van der Waals surface area (Å²) < 4.78 is 66.4. The van der Waals surface area contributed by atoms with Gasteiger partial charge in [-0.2, -0.15) is 22.0 Å². The molecule has 0 N–H and O–H groups in total. The second-order valence-corrected chi connectivity index (χ2v) is 4.37. The maximum atomic E-state index is 12.9. The van der Waals surface area contributed by atoms with Gasteiger partial charge in [-0.3, -0.25) is 0 Å². The molecule has 0 fully saturated rings. The fourth-order valence-electron chi connectivity index (χ4n) is 1.02. The lowest BCUT2D eigenvalue weighted by molar-refractivity contribution is -0.291. The molecular formula is C11H15F5O2. The summed E-state index contributed by atoms with van der Waals surface area (Å²) in [5.41, 5.74) is -0.0593. The van der Waals surface area contributed by atoms with Crippen LogP contribution in [0.4, 0.5) is 22.0 Å². The molecule has 2 nitrogen and oxygen atoms in total. The average molecular weight is 274 g/mol. The molecule has 0 saturated carbocycles. The van der Waals surface area contributed by atoms with Crippen LogP contribution in [-0.2, 0) is 9.53 Å². The zero-order chi connectivity index (χ0) is 14.7. The summed E-state index contributed by atoms with van der Waals surface area (Å²) in [6.07, 6.45) is -8.77. The normalized spacial score (nSPS) is 14.5. The van der Waals surface area contributed by atoms with Gasteiger partial charge in [0.2, 0.25) is 0 Å². The summed E-state index contributed by atoms with van der Waals surface area (Å²) in [5, 5.41) is 0. The molecule has 0 radical (unpaired) electrons. The standard InChI is InChI=1S/C11H15F5O2/c1-6(2)8(18-9(17)7(3)4)5-10(12,13)11(14,15)16/h6,8H,3,5H2,1-2,4H3. The molecule has 0 rings (SSSR count). The summed E-state index contributed by atoms with van der Waals surface area (Å²) in [6.45, 7) is 7.29. The Labute approximate surface area is 102 Å². The van der Waals surface area contributed by atoms with Crippen molar-refractivity contribution in [2.45, 2.75) is 45.4 Å². The fraction of sp³-hybridized carbons (Fsp3) is 0.727. The van der Waals surface area contributed by atoms with Gasteiger partial charge >= 0.3 is 18.1 Å². The van der Waals surface area contributed by atoms with Crippen molar-refractivity contribution >= 4 is 5.97 Å². The highest BCUT2D eigenvalue weighted by atomic mass is 19.4. The number of hydrogen-bond donors (Lipinski definition) is 0. The molecule has 0 heterocycles. The van der Waals surface area contributed by atoms with Crippen LogP contribution in [0.15, 0.2) is 12.2 Å². The maximum absolute atomic E-state index is 12.9. The van der Waals surface area contributed by atoms with E-state index in [9.17, 15) is 26.7 Å². The number of rotatable bonds is 5. The van der Waals surface area contributed by atoms with Gasteiger partial charge in [0, 0.05) is 5.57 Å². The van der Waals surface area contributed by atoms with E-state index in [0.29, 0.717) is 0 Å². The molecule has 0 aromatic carbocycles. The van der Waals surface area contributed by atoms with E-state index in [2.05, 4.69) is 11.3 Å². The quantitative estimate of drug-likeness (QED) is 0.434. The minimum Gasteiger partial charge on any atom is -0.459 e. The van der Waals surface area contributed by atoms with Crippen LogP contribution >= 0.6 is 0 Å². The summed E-state index contributed by atoms with van der Waals surface area (Å²) >= 11 is 0. The van der Waals surface area contributed by atoms with Gasteiger partial charge < -0.3 is 4.74 Å². The van der Waals surface area contributed by atoms with Gasteiger partial charge in [-0.25, -0.2) is 4.79 Å². The van der Waals surface area contributed by atoms with Crippen molar-refractivity contribution in [3.8, 4) is 0 Å². The van der Waals surface area contributed by atoms with Crippen molar-refractivity contribution in [3.63, 3.8) is 0 Å². The van der Waals surface area contributed by atoms with Crippen LogP contribution in [-0.4, -0.2) is 24.2 Å². The Morgan fingerprint density at radius 1 is 1.22 bits per heavy atom. The molecular weight excluding hydrogens is 259 g/mol. The van der Waals surface area contributed by atoms with Gasteiger partial charge in [0.1, 0.15) is 6.10 Å². The highest BCUT2D eigenvalue weighted by Crippen LogP contribution is 2.40. The first-order valence-electron chi connectivity index (χ1n) is 5.19. The van der Waals surface area contributed by atoms with Crippen LogP contribution in [0.5, 0.6) is 0 Å². The van der Waals surface area contributed by atoms with E-state index in [1.807, 2.05) is 0 Å². The van der Waals surface area contributed by atoms with Crippen molar-refractivity contribution in [3.05, 3.63) is 12.2 Å². The Kier molecular flexibility index (Phi) is 5.31. The van der Waals surface area contributed by atoms with Crippen LogP contribution < -0.4 is 0 Å². The molecule has 0 spiro atoms. The minimum absolute atomic E-state index is 0.0593. The molecule has 0 aliphatic carbocycles. The topological polar surface area (TPSA) is 26.3 Å². The van der Waals surface area contributed by atoms with Gasteiger partial charge in [0.05, 0.1) is 6.42 Å². The first-order chi connectivity index (χ1) is 7.88. The zero-order valence-corrected chi connectivity index (χ0v) is 10.3. The van der Waals surface area contributed by atoms with Crippen LogP contribution in [0, 0.1) is 5.92 Å². The van der Waals surface area contributed by atoms with Crippen molar-refractivity contribution in [2.24, 2.45) is 5.92 Å². The number of carbonyl (C=O) groups is 1. The lowest BCUT2D eigenvalue weighted by atomic mass is 10.00. The van der Waals surface area contributed by atoms with E-state index in [4.69, 9.17) is 0 Å². The molecule has 0 aromatic heterocycles. The predicted molar refractivity (Wildman–Crippen MR) is 55.2 cm³/mol. The first kappa shape index (κ1) is 16.9. The monoisotopic (exact) mass is 274 g/mol. The summed E-state index contributed by atoms with van der Waals surface area (Å²) in [6, 6.07) is 0. The van der Waals surface area contributed by atoms with Crippen LogP contribution in [0.3, 0.4) is 0 Å². The summed E-state index contributed by atoms with van der Waals surface area (Å²) in [7, 11) is 0. The Balaban J connectivity index is 4.85. The Morgan fingerprint density at radius 2 is 1.67 bits per heavy atom. The molecule has 1 atom stereocenters. The molecule has 0 bridgehead atoms. The Bertz CT molecular complexity index is 320. The van der Waals surface area contributed by atoms with Crippen molar-refractivity contribution in [1.29, 1.82) is 0 Å². The molecule has 0 saturated heterocycles. The van der Waals surface area contributed by atoms with Crippen molar-refractivity contribution in [1.82, 2.24) is 0 Å². The highest BCUT2D eigenvalue weighted by Gasteiger charge is 2.58. The maximum Gasteiger partial charge on any atom is 0.453 e.